The Kier molecular flexibility index (Phi) is 4.29. The molecular formula is C15H21N3O2. The number of ether oxygens (including phenoxy) is 1. The van der Waals surface area contributed by atoms with Crippen LogP contribution in [0.1, 0.15) is 29.8 Å². The van der Waals surface area contributed by atoms with Gasteiger partial charge in [-0.3, -0.25) is 4.68 Å². The third-order valence-corrected chi connectivity index (χ3v) is 3.42. The molecule has 1 unspecified atom stereocenters. The Hall–Kier alpha value is -2.01. The molecule has 108 valence electrons. The zero-order chi connectivity index (χ0) is 14.7. The molecule has 1 aromatic heterocycles. The molecule has 0 spiro atoms. The lowest BCUT2D eigenvalue weighted by molar-refractivity contribution is 0.372. The number of benzene rings is 1. The molecule has 2 N–H and O–H groups in total. The van der Waals surface area contributed by atoms with E-state index in [9.17, 15) is 5.11 Å². The van der Waals surface area contributed by atoms with E-state index < -0.39 is 0 Å². The van der Waals surface area contributed by atoms with E-state index in [1.807, 2.05) is 37.0 Å². The highest BCUT2D eigenvalue weighted by molar-refractivity contribution is 5.42. The Morgan fingerprint density at radius 3 is 2.80 bits per heavy atom. The number of hydrogen-bond donors (Lipinski definition) is 2. The van der Waals surface area contributed by atoms with Gasteiger partial charge in [0.25, 0.3) is 0 Å². The molecule has 0 radical (unpaired) electrons. The molecule has 5 heteroatoms. The number of hydrogen-bond acceptors (Lipinski definition) is 4. The maximum atomic E-state index is 9.61. The summed E-state index contributed by atoms with van der Waals surface area (Å²) >= 11 is 0. The average Bonchev–Trinajstić information content (AvgIpc) is 2.74. The number of aromatic hydroxyl groups is 1. The first-order valence-corrected chi connectivity index (χ1v) is 6.60. The van der Waals surface area contributed by atoms with Gasteiger partial charge >= 0.3 is 0 Å². The van der Waals surface area contributed by atoms with Crippen LogP contribution >= 0.6 is 0 Å². The third kappa shape index (κ3) is 3.11. The van der Waals surface area contributed by atoms with Crippen molar-refractivity contribution in [2.75, 3.05) is 7.11 Å². The standard InChI is InChI=1S/C15H21N3O2/c1-10(12-5-6-14(19)15(7-12)20-4)16-8-13-9-18(3)17-11(13)2/h5-7,9-10,16,19H,8H2,1-4H3. The van der Waals surface area contributed by atoms with E-state index in [2.05, 4.69) is 17.3 Å². The Morgan fingerprint density at radius 1 is 1.45 bits per heavy atom. The lowest BCUT2D eigenvalue weighted by Crippen LogP contribution is -2.18. The second-order valence-corrected chi connectivity index (χ2v) is 4.95. The number of rotatable bonds is 5. The van der Waals surface area contributed by atoms with Gasteiger partial charge in [-0.2, -0.15) is 5.10 Å². The highest BCUT2D eigenvalue weighted by Crippen LogP contribution is 2.28. The average molecular weight is 275 g/mol. The third-order valence-electron chi connectivity index (χ3n) is 3.42. The molecule has 5 nitrogen and oxygen atoms in total. The molecule has 1 heterocycles. The van der Waals surface area contributed by atoms with Gasteiger partial charge in [0.1, 0.15) is 0 Å². The van der Waals surface area contributed by atoms with Crippen molar-refractivity contribution in [3.63, 3.8) is 0 Å². The van der Waals surface area contributed by atoms with E-state index in [0.717, 1.165) is 17.8 Å². The number of aryl methyl sites for hydroxylation is 2. The molecule has 0 bridgehead atoms. The molecule has 1 aromatic carbocycles. The van der Waals surface area contributed by atoms with Crippen LogP contribution in [0.2, 0.25) is 0 Å². The van der Waals surface area contributed by atoms with Gasteiger partial charge in [-0.05, 0) is 31.5 Å². The number of nitrogens with zero attached hydrogens (tertiary/aromatic N) is 2. The largest absolute Gasteiger partial charge is 0.504 e. The van der Waals surface area contributed by atoms with Crippen molar-refractivity contribution in [2.45, 2.75) is 26.4 Å². The van der Waals surface area contributed by atoms with Crippen LogP contribution in [0, 0.1) is 6.92 Å². The van der Waals surface area contributed by atoms with Crippen molar-refractivity contribution >= 4 is 0 Å². The van der Waals surface area contributed by atoms with Crippen molar-refractivity contribution in [1.82, 2.24) is 15.1 Å². The normalized spacial score (nSPS) is 12.4. The predicted octanol–water partition coefficient (Wildman–Crippen LogP) is 2.29. The fourth-order valence-electron chi connectivity index (χ4n) is 2.17. The topological polar surface area (TPSA) is 59.3 Å². The van der Waals surface area contributed by atoms with Crippen molar-refractivity contribution in [1.29, 1.82) is 0 Å². The van der Waals surface area contributed by atoms with Crippen LogP contribution in [0.3, 0.4) is 0 Å². The van der Waals surface area contributed by atoms with E-state index >= 15 is 0 Å². The molecule has 20 heavy (non-hydrogen) atoms. The minimum Gasteiger partial charge on any atom is -0.504 e. The summed E-state index contributed by atoms with van der Waals surface area (Å²) < 4.78 is 6.95. The molecule has 2 rings (SSSR count). The lowest BCUT2D eigenvalue weighted by atomic mass is 10.1. The Bertz CT molecular complexity index is 593. The van der Waals surface area contributed by atoms with Gasteiger partial charge in [0.05, 0.1) is 12.8 Å². The minimum absolute atomic E-state index is 0.157. The summed E-state index contributed by atoms with van der Waals surface area (Å²) in [6.45, 7) is 4.84. The monoisotopic (exact) mass is 275 g/mol. The number of phenols is 1. The first-order chi connectivity index (χ1) is 9.51. The van der Waals surface area contributed by atoms with Crippen molar-refractivity contribution in [3.8, 4) is 11.5 Å². The van der Waals surface area contributed by atoms with Crippen molar-refractivity contribution in [2.24, 2.45) is 7.05 Å². The summed E-state index contributed by atoms with van der Waals surface area (Å²) in [6.07, 6.45) is 2.02. The number of phenolic OH excluding ortho intramolecular Hbond substituents is 1. The summed E-state index contributed by atoms with van der Waals surface area (Å²) in [5, 5.41) is 17.4. The molecular weight excluding hydrogens is 254 g/mol. The second kappa shape index (κ2) is 5.96. The quantitative estimate of drug-likeness (QED) is 0.879. The second-order valence-electron chi connectivity index (χ2n) is 4.95. The Balaban J connectivity index is 2.05. The first kappa shape index (κ1) is 14.4. The van der Waals surface area contributed by atoms with Crippen LogP contribution in [0.25, 0.3) is 0 Å². The van der Waals surface area contributed by atoms with Gasteiger partial charge in [0.2, 0.25) is 0 Å². The van der Waals surface area contributed by atoms with Gasteiger partial charge in [0.15, 0.2) is 11.5 Å². The van der Waals surface area contributed by atoms with Crippen molar-refractivity contribution in [3.05, 3.63) is 41.2 Å². The minimum atomic E-state index is 0.157. The Labute approximate surface area is 119 Å². The van der Waals surface area contributed by atoms with Crippen LogP contribution in [-0.4, -0.2) is 22.0 Å². The Morgan fingerprint density at radius 2 is 2.20 bits per heavy atom. The lowest BCUT2D eigenvalue weighted by Gasteiger charge is -2.15. The summed E-state index contributed by atoms with van der Waals surface area (Å²) in [5.74, 6) is 0.653. The maximum Gasteiger partial charge on any atom is 0.160 e. The highest BCUT2D eigenvalue weighted by atomic mass is 16.5. The van der Waals surface area contributed by atoms with E-state index in [4.69, 9.17) is 4.74 Å². The van der Waals surface area contributed by atoms with E-state index in [1.165, 1.54) is 5.56 Å². The zero-order valence-electron chi connectivity index (χ0n) is 12.3. The predicted molar refractivity (Wildman–Crippen MR) is 77.9 cm³/mol. The van der Waals surface area contributed by atoms with Gasteiger partial charge in [-0.25, -0.2) is 0 Å². The van der Waals surface area contributed by atoms with Crippen LogP contribution in [0.15, 0.2) is 24.4 Å². The zero-order valence-corrected chi connectivity index (χ0v) is 12.3. The van der Waals surface area contributed by atoms with Crippen LogP contribution in [0.4, 0.5) is 0 Å². The van der Waals surface area contributed by atoms with Crippen LogP contribution in [-0.2, 0) is 13.6 Å². The van der Waals surface area contributed by atoms with E-state index in [1.54, 1.807) is 13.2 Å². The van der Waals surface area contributed by atoms with Crippen LogP contribution < -0.4 is 10.1 Å². The summed E-state index contributed by atoms with van der Waals surface area (Å²) in [7, 11) is 3.47. The van der Waals surface area contributed by atoms with E-state index in [-0.39, 0.29) is 11.8 Å². The maximum absolute atomic E-state index is 9.61. The van der Waals surface area contributed by atoms with Crippen LogP contribution in [0.5, 0.6) is 11.5 Å². The molecule has 0 saturated heterocycles. The summed E-state index contributed by atoms with van der Waals surface area (Å²) in [5.41, 5.74) is 3.29. The molecule has 1 atom stereocenters. The first-order valence-electron chi connectivity index (χ1n) is 6.60. The summed E-state index contributed by atoms with van der Waals surface area (Å²) in [6, 6.07) is 5.56. The fourth-order valence-corrected chi connectivity index (χ4v) is 2.17. The molecule has 0 fully saturated rings. The highest BCUT2D eigenvalue weighted by Gasteiger charge is 2.10. The number of nitrogens with one attached hydrogen (secondary N) is 1. The number of methoxy groups -OCH3 is 1. The SMILES string of the molecule is COc1cc(C(C)NCc2cn(C)nc2C)ccc1O. The van der Waals surface area contributed by atoms with Gasteiger partial charge < -0.3 is 15.2 Å². The smallest absolute Gasteiger partial charge is 0.160 e. The molecule has 0 amide bonds. The fraction of sp³-hybridized carbons (Fsp3) is 0.400. The number of aromatic nitrogens is 2. The molecule has 0 aliphatic carbocycles. The molecule has 0 aliphatic heterocycles. The molecule has 0 saturated carbocycles. The van der Waals surface area contributed by atoms with Gasteiger partial charge in [-0.15, -0.1) is 0 Å². The molecule has 0 aliphatic rings. The molecule has 2 aromatic rings. The van der Waals surface area contributed by atoms with Gasteiger partial charge in [-0.1, -0.05) is 6.07 Å². The van der Waals surface area contributed by atoms with Gasteiger partial charge in [0, 0.05) is 31.4 Å². The van der Waals surface area contributed by atoms with E-state index in [0.29, 0.717) is 5.75 Å². The summed E-state index contributed by atoms with van der Waals surface area (Å²) in [4.78, 5) is 0. The van der Waals surface area contributed by atoms with Crippen molar-refractivity contribution < 1.29 is 9.84 Å².